The number of benzene rings is 2. The number of nitrogens with zero attached hydrogens (tertiary/aromatic N) is 3. The first-order valence-corrected chi connectivity index (χ1v) is 9.32. The highest BCUT2D eigenvalue weighted by Gasteiger charge is 2.21. The number of rotatable bonds is 4. The number of nitrogens with two attached hydrogens (primary N) is 1. The highest BCUT2D eigenvalue weighted by Crippen LogP contribution is 2.34. The van der Waals surface area contributed by atoms with Crippen LogP contribution in [0.15, 0.2) is 48.8 Å². The van der Waals surface area contributed by atoms with Crippen molar-refractivity contribution < 1.29 is 0 Å². The van der Waals surface area contributed by atoms with Gasteiger partial charge in [-0.1, -0.05) is 6.07 Å². The number of hydrogen-bond donors (Lipinski definition) is 3. The van der Waals surface area contributed by atoms with Crippen molar-refractivity contribution in [1.82, 2.24) is 9.78 Å². The zero-order valence-corrected chi connectivity index (χ0v) is 15.7. The molecule has 0 bridgehead atoms. The summed E-state index contributed by atoms with van der Waals surface area (Å²) in [6.45, 7) is 0. The van der Waals surface area contributed by atoms with Crippen LogP contribution in [0.5, 0.6) is 0 Å². The minimum absolute atomic E-state index is 0.181. The van der Waals surface area contributed by atoms with Crippen molar-refractivity contribution >= 4 is 17.1 Å². The number of aromatic nitrogens is 2. The molecule has 0 saturated carbocycles. The van der Waals surface area contributed by atoms with E-state index in [4.69, 9.17) is 16.4 Å². The van der Waals surface area contributed by atoms with E-state index in [0.29, 0.717) is 22.5 Å². The lowest BCUT2D eigenvalue weighted by Crippen LogP contribution is -2.18. The number of anilines is 2. The van der Waals surface area contributed by atoms with Crippen molar-refractivity contribution in [3.63, 3.8) is 0 Å². The Morgan fingerprint density at radius 3 is 2.93 bits per heavy atom. The van der Waals surface area contributed by atoms with Gasteiger partial charge in [0.15, 0.2) is 0 Å². The monoisotopic (exact) mass is 370 g/mol. The number of aryl methyl sites for hydroxylation is 2. The van der Waals surface area contributed by atoms with Crippen molar-refractivity contribution in [3.05, 3.63) is 76.6 Å². The molecule has 0 fully saturated rings. The van der Waals surface area contributed by atoms with Crippen LogP contribution in [-0.2, 0) is 13.5 Å². The maximum absolute atomic E-state index is 9.14. The predicted molar refractivity (Wildman–Crippen MR) is 110 cm³/mol. The molecule has 1 aliphatic rings. The Morgan fingerprint density at radius 1 is 1.32 bits per heavy atom. The number of nitrogens with one attached hydrogen (secondary N) is 2. The Kier molecular flexibility index (Phi) is 4.58. The molecule has 1 aliphatic carbocycles. The van der Waals surface area contributed by atoms with Gasteiger partial charge in [0.05, 0.1) is 29.6 Å². The third-order valence-electron chi connectivity index (χ3n) is 5.24. The quantitative estimate of drug-likeness (QED) is 0.480. The Balaban J connectivity index is 1.62. The van der Waals surface area contributed by atoms with E-state index in [1.165, 1.54) is 11.1 Å². The van der Waals surface area contributed by atoms with Crippen LogP contribution in [0.2, 0.25) is 0 Å². The van der Waals surface area contributed by atoms with Crippen molar-refractivity contribution in [2.75, 3.05) is 11.1 Å². The number of nitriles is 1. The van der Waals surface area contributed by atoms with Crippen molar-refractivity contribution in [1.29, 1.82) is 10.7 Å². The molecule has 0 aliphatic heterocycles. The molecular formula is C22H22N6. The average Bonchev–Trinajstić information content (AvgIpc) is 3.15. The molecule has 1 heterocycles. The van der Waals surface area contributed by atoms with Gasteiger partial charge in [0.1, 0.15) is 0 Å². The first kappa shape index (κ1) is 17.8. The van der Waals surface area contributed by atoms with E-state index in [2.05, 4.69) is 22.6 Å². The van der Waals surface area contributed by atoms with Crippen LogP contribution in [0.25, 0.3) is 0 Å². The molecule has 0 spiro atoms. The molecule has 4 rings (SSSR count). The molecule has 0 amide bonds. The first-order valence-electron chi connectivity index (χ1n) is 9.32. The van der Waals surface area contributed by atoms with E-state index in [-0.39, 0.29) is 6.04 Å². The minimum atomic E-state index is 0.181. The Morgan fingerprint density at radius 2 is 2.18 bits per heavy atom. The third-order valence-corrected chi connectivity index (χ3v) is 5.24. The van der Waals surface area contributed by atoms with Crippen molar-refractivity contribution in [3.8, 4) is 6.07 Å². The van der Waals surface area contributed by atoms with Gasteiger partial charge in [-0.3, -0.25) is 10.1 Å². The second-order valence-electron chi connectivity index (χ2n) is 7.19. The molecule has 1 unspecified atom stereocenters. The fourth-order valence-corrected chi connectivity index (χ4v) is 3.80. The predicted octanol–water partition coefficient (Wildman–Crippen LogP) is 3.78. The molecule has 28 heavy (non-hydrogen) atoms. The average molecular weight is 370 g/mol. The molecule has 1 atom stereocenters. The fraction of sp³-hybridized carbons (Fsp3) is 0.227. The summed E-state index contributed by atoms with van der Waals surface area (Å²) in [5.74, 6) is 0. The van der Waals surface area contributed by atoms with Gasteiger partial charge in [0.2, 0.25) is 0 Å². The SMILES string of the molecule is Cn1cc(C(=N)c2cc(NC3CCCc4cc(C#N)ccc43)ccc2N)cn1. The fourth-order valence-electron chi connectivity index (χ4n) is 3.80. The molecule has 0 radical (unpaired) electrons. The summed E-state index contributed by atoms with van der Waals surface area (Å²) >= 11 is 0. The highest BCUT2D eigenvalue weighted by molar-refractivity contribution is 6.14. The normalized spacial score (nSPS) is 15.5. The molecule has 3 aromatic rings. The summed E-state index contributed by atoms with van der Waals surface area (Å²) in [5.41, 5.74) is 12.6. The van der Waals surface area contributed by atoms with Gasteiger partial charge < -0.3 is 11.1 Å². The van der Waals surface area contributed by atoms with Crippen molar-refractivity contribution in [2.24, 2.45) is 7.05 Å². The molecule has 1 aromatic heterocycles. The van der Waals surface area contributed by atoms with Gasteiger partial charge in [-0.15, -0.1) is 0 Å². The van der Waals surface area contributed by atoms with E-state index in [0.717, 1.165) is 30.5 Å². The summed E-state index contributed by atoms with van der Waals surface area (Å²) < 4.78 is 1.68. The third kappa shape index (κ3) is 3.35. The molecular weight excluding hydrogens is 348 g/mol. The van der Waals surface area contributed by atoms with Gasteiger partial charge in [-0.05, 0) is 60.7 Å². The zero-order valence-electron chi connectivity index (χ0n) is 15.7. The van der Waals surface area contributed by atoms with E-state index >= 15 is 0 Å². The van der Waals surface area contributed by atoms with Crippen LogP contribution >= 0.6 is 0 Å². The smallest absolute Gasteiger partial charge is 0.0991 e. The molecule has 4 N–H and O–H groups in total. The van der Waals surface area contributed by atoms with Gasteiger partial charge >= 0.3 is 0 Å². The first-order chi connectivity index (χ1) is 13.5. The Bertz CT molecular complexity index is 1090. The maximum atomic E-state index is 9.14. The Labute approximate surface area is 164 Å². The molecule has 6 heteroatoms. The van der Waals surface area contributed by atoms with Crippen LogP contribution in [0.3, 0.4) is 0 Å². The molecule has 6 nitrogen and oxygen atoms in total. The second-order valence-corrected chi connectivity index (χ2v) is 7.19. The standard InChI is InChI=1S/C22H22N6/c1-28-13-16(12-26-28)22(25)19-10-17(6-8-20(19)24)27-21-4-2-3-15-9-14(11-23)5-7-18(15)21/h5-10,12-13,21,25,27H,2-4,24H2,1H3. The number of nitrogen functional groups attached to an aromatic ring is 1. The van der Waals surface area contributed by atoms with Gasteiger partial charge in [0.25, 0.3) is 0 Å². The van der Waals surface area contributed by atoms with E-state index < -0.39 is 0 Å². The number of hydrogen-bond acceptors (Lipinski definition) is 5. The molecule has 2 aromatic carbocycles. The lowest BCUT2D eigenvalue weighted by atomic mass is 9.86. The Hall–Kier alpha value is -3.59. The van der Waals surface area contributed by atoms with Crippen LogP contribution in [0, 0.1) is 16.7 Å². The molecule has 0 saturated heterocycles. The van der Waals surface area contributed by atoms with Crippen LogP contribution in [0.4, 0.5) is 11.4 Å². The van der Waals surface area contributed by atoms with E-state index in [1.54, 1.807) is 10.9 Å². The highest BCUT2D eigenvalue weighted by atomic mass is 15.2. The second kappa shape index (κ2) is 7.20. The summed E-state index contributed by atoms with van der Waals surface area (Å²) in [6.07, 6.45) is 6.59. The minimum Gasteiger partial charge on any atom is -0.398 e. The van der Waals surface area contributed by atoms with Crippen LogP contribution in [-0.4, -0.2) is 15.5 Å². The van der Waals surface area contributed by atoms with Gasteiger partial charge in [-0.2, -0.15) is 10.4 Å². The summed E-state index contributed by atoms with van der Waals surface area (Å²) in [7, 11) is 1.83. The summed E-state index contributed by atoms with van der Waals surface area (Å²) in [5, 5.41) is 25.4. The maximum Gasteiger partial charge on any atom is 0.0991 e. The van der Waals surface area contributed by atoms with E-state index in [9.17, 15) is 0 Å². The van der Waals surface area contributed by atoms with Crippen LogP contribution < -0.4 is 11.1 Å². The van der Waals surface area contributed by atoms with Gasteiger partial charge in [0, 0.05) is 35.7 Å². The summed E-state index contributed by atoms with van der Waals surface area (Å²) in [6, 6.07) is 14.1. The largest absolute Gasteiger partial charge is 0.398 e. The van der Waals surface area contributed by atoms with E-state index in [1.807, 2.05) is 43.6 Å². The lowest BCUT2D eigenvalue weighted by Gasteiger charge is -2.27. The zero-order chi connectivity index (χ0) is 19.7. The molecule has 140 valence electrons. The van der Waals surface area contributed by atoms with Crippen molar-refractivity contribution in [2.45, 2.75) is 25.3 Å². The lowest BCUT2D eigenvalue weighted by molar-refractivity contribution is 0.600. The number of fused-ring (bicyclic) bond motifs is 1. The topological polar surface area (TPSA) is 104 Å². The van der Waals surface area contributed by atoms with Crippen LogP contribution in [0.1, 0.15) is 46.7 Å². The van der Waals surface area contributed by atoms with Gasteiger partial charge in [-0.25, -0.2) is 0 Å². The summed E-state index contributed by atoms with van der Waals surface area (Å²) in [4.78, 5) is 0.